The van der Waals surface area contributed by atoms with Crippen molar-refractivity contribution in [1.29, 1.82) is 0 Å². The van der Waals surface area contributed by atoms with Crippen LogP contribution in [0.15, 0.2) is 40.8 Å². The fourth-order valence-electron chi connectivity index (χ4n) is 9.28. The molecule has 8 atom stereocenters. The standard InChI is InChI=1S/C33H50O3S/c1-22(2)7-6-8-24(4)31-17-18-32-30-15-11-25-21-26(12-16-28(25)29(30)19-20-33(31,32)5)36-37(34,35)27-13-9-23(3)10-14-27/h9-11,13-14,22,24,26,28-32H,6-8,12,15-21H2,1-5H3. The normalized spacial score (nSPS) is 36.4. The van der Waals surface area contributed by atoms with Crippen molar-refractivity contribution in [3.63, 3.8) is 0 Å². The third-order valence-corrected chi connectivity index (χ3v) is 12.5. The molecule has 0 N–H and O–H groups in total. The zero-order chi connectivity index (χ0) is 26.4. The van der Waals surface area contributed by atoms with Crippen molar-refractivity contribution in [3.8, 4) is 0 Å². The van der Waals surface area contributed by atoms with Crippen molar-refractivity contribution in [2.75, 3.05) is 0 Å². The summed E-state index contributed by atoms with van der Waals surface area (Å²) in [5.41, 5.74) is 3.07. The van der Waals surface area contributed by atoms with E-state index >= 15 is 0 Å². The van der Waals surface area contributed by atoms with E-state index in [0.29, 0.717) is 11.3 Å². The Morgan fingerprint density at radius 1 is 0.973 bits per heavy atom. The van der Waals surface area contributed by atoms with Crippen LogP contribution in [0.4, 0.5) is 0 Å². The minimum absolute atomic E-state index is 0.221. The van der Waals surface area contributed by atoms with Gasteiger partial charge in [0.15, 0.2) is 0 Å². The van der Waals surface area contributed by atoms with Gasteiger partial charge in [-0.1, -0.05) is 76.3 Å². The van der Waals surface area contributed by atoms with Gasteiger partial charge >= 0.3 is 0 Å². The number of fused-ring (bicyclic) bond motifs is 5. The Bertz CT molecular complexity index is 1070. The highest BCUT2D eigenvalue weighted by atomic mass is 32.2. The number of aryl methyl sites for hydroxylation is 1. The van der Waals surface area contributed by atoms with E-state index in [4.69, 9.17) is 4.18 Å². The second-order valence-corrected chi connectivity index (χ2v) is 15.4. The van der Waals surface area contributed by atoms with Crippen LogP contribution in [0.25, 0.3) is 0 Å². The molecule has 0 amide bonds. The van der Waals surface area contributed by atoms with Crippen molar-refractivity contribution in [3.05, 3.63) is 41.5 Å². The van der Waals surface area contributed by atoms with E-state index < -0.39 is 10.1 Å². The summed E-state index contributed by atoms with van der Waals surface area (Å²) in [4.78, 5) is 0.277. The Morgan fingerprint density at radius 2 is 1.73 bits per heavy atom. The van der Waals surface area contributed by atoms with Crippen LogP contribution in [0.1, 0.15) is 104 Å². The molecule has 1 aromatic rings. The molecule has 3 nitrogen and oxygen atoms in total. The minimum Gasteiger partial charge on any atom is -0.263 e. The molecule has 8 unspecified atom stereocenters. The first kappa shape index (κ1) is 27.4. The largest absolute Gasteiger partial charge is 0.297 e. The molecule has 0 spiro atoms. The fraction of sp³-hybridized carbons (Fsp3) is 0.758. The number of hydrogen-bond acceptors (Lipinski definition) is 3. The fourth-order valence-corrected chi connectivity index (χ4v) is 10.4. The van der Waals surface area contributed by atoms with Crippen LogP contribution in [0.3, 0.4) is 0 Å². The van der Waals surface area contributed by atoms with Crippen molar-refractivity contribution in [2.24, 2.45) is 46.8 Å². The Labute approximate surface area is 227 Å². The number of allylic oxidation sites excluding steroid dienone is 1. The SMILES string of the molecule is Cc1ccc(S(=O)(=O)OC2CCC3C(=CCC4C3CCC3(C)C(C(C)CCCC(C)C)CCC43)C2)cc1. The molecule has 1 aromatic carbocycles. The predicted octanol–water partition coefficient (Wildman–Crippen LogP) is 8.72. The molecule has 4 aliphatic rings. The average molecular weight is 527 g/mol. The summed E-state index contributed by atoms with van der Waals surface area (Å²) >= 11 is 0. The topological polar surface area (TPSA) is 43.4 Å². The van der Waals surface area contributed by atoms with Crippen LogP contribution < -0.4 is 0 Å². The lowest BCUT2D eigenvalue weighted by atomic mass is 9.51. The summed E-state index contributed by atoms with van der Waals surface area (Å²) < 4.78 is 31.6. The van der Waals surface area contributed by atoms with Crippen LogP contribution >= 0.6 is 0 Å². The first-order valence-corrected chi connectivity index (χ1v) is 16.7. The van der Waals surface area contributed by atoms with Crippen molar-refractivity contribution in [2.45, 2.75) is 116 Å². The summed E-state index contributed by atoms with van der Waals surface area (Å²) in [6, 6.07) is 7.02. The molecule has 0 radical (unpaired) electrons. The molecule has 37 heavy (non-hydrogen) atoms. The lowest BCUT2D eigenvalue weighted by Crippen LogP contribution is -2.47. The minimum atomic E-state index is -3.71. The third kappa shape index (κ3) is 5.49. The van der Waals surface area contributed by atoms with E-state index in [1.54, 1.807) is 12.1 Å². The molecule has 3 fully saturated rings. The Balaban J connectivity index is 1.23. The van der Waals surface area contributed by atoms with Crippen LogP contribution in [0.2, 0.25) is 0 Å². The van der Waals surface area contributed by atoms with Crippen molar-refractivity contribution in [1.82, 2.24) is 0 Å². The van der Waals surface area contributed by atoms with Gasteiger partial charge in [-0.25, -0.2) is 0 Å². The molecular weight excluding hydrogens is 476 g/mol. The van der Waals surface area contributed by atoms with Gasteiger partial charge in [0.2, 0.25) is 0 Å². The van der Waals surface area contributed by atoms with Gasteiger partial charge in [0, 0.05) is 0 Å². The molecule has 3 saturated carbocycles. The second kappa shape index (κ2) is 10.8. The maximum absolute atomic E-state index is 12.9. The van der Waals surface area contributed by atoms with E-state index in [9.17, 15) is 8.42 Å². The third-order valence-electron chi connectivity index (χ3n) is 11.2. The second-order valence-electron chi connectivity index (χ2n) is 13.9. The summed E-state index contributed by atoms with van der Waals surface area (Å²) in [6.45, 7) is 11.9. The monoisotopic (exact) mass is 526 g/mol. The van der Waals surface area contributed by atoms with E-state index in [-0.39, 0.29) is 11.0 Å². The summed E-state index contributed by atoms with van der Waals surface area (Å²) in [6.07, 6.45) is 16.0. The Morgan fingerprint density at radius 3 is 2.46 bits per heavy atom. The molecule has 0 aromatic heterocycles. The van der Waals surface area contributed by atoms with Gasteiger partial charge in [-0.3, -0.25) is 4.18 Å². The van der Waals surface area contributed by atoms with Gasteiger partial charge in [-0.15, -0.1) is 0 Å². The Hall–Kier alpha value is -1.13. The summed E-state index contributed by atoms with van der Waals surface area (Å²) in [5, 5.41) is 0. The van der Waals surface area contributed by atoms with E-state index in [2.05, 4.69) is 33.8 Å². The molecule has 0 bridgehead atoms. The highest BCUT2D eigenvalue weighted by molar-refractivity contribution is 7.86. The molecule has 0 saturated heterocycles. The zero-order valence-electron chi connectivity index (χ0n) is 23.9. The lowest BCUT2D eigenvalue weighted by molar-refractivity contribution is -0.0283. The van der Waals surface area contributed by atoms with Gasteiger partial charge in [-0.05, 0) is 117 Å². The first-order chi connectivity index (χ1) is 17.6. The smallest absolute Gasteiger partial charge is 0.263 e. The van der Waals surface area contributed by atoms with Gasteiger partial charge in [-0.2, -0.15) is 8.42 Å². The van der Waals surface area contributed by atoms with Gasteiger partial charge in [0.05, 0.1) is 11.0 Å². The molecule has 5 rings (SSSR count). The lowest BCUT2D eigenvalue weighted by Gasteiger charge is -2.54. The summed E-state index contributed by atoms with van der Waals surface area (Å²) in [5.74, 6) is 5.71. The maximum Gasteiger partial charge on any atom is 0.297 e. The number of benzene rings is 1. The van der Waals surface area contributed by atoms with Gasteiger partial charge in [0.1, 0.15) is 0 Å². The number of rotatable bonds is 8. The van der Waals surface area contributed by atoms with Crippen LogP contribution in [0.5, 0.6) is 0 Å². The van der Waals surface area contributed by atoms with Crippen LogP contribution in [0, 0.1) is 53.8 Å². The van der Waals surface area contributed by atoms with Crippen molar-refractivity contribution < 1.29 is 12.6 Å². The molecule has 4 heteroatoms. The van der Waals surface area contributed by atoms with Crippen LogP contribution in [-0.4, -0.2) is 14.5 Å². The zero-order valence-corrected chi connectivity index (χ0v) is 24.7. The van der Waals surface area contributed by atoms with Crippen molar-refractivity contribution >= 4 is 10.1 Å². The highest BCUT2D eigenvalue weighted by Gasteiger charge is 2.56. The van der Waals surface area contributed by atoms with Gasteiger partial charge in [0.25, 0.3) is 10.1 Å². The Kier molecular flexibility index (Phi) is 8.01. The average Bonchev–Trinajstić information content (AvgIpc) is 3.21. The molecule has 206 valence electrons. The molecule has 0 aliphatic heterocycles. The summed E-state index contributed by atoms with van der Waals surface area (Å²) in [7, 11) is -3.71. The maximum atomic E-state index is 12.9. The molecule has 0 heterocycles. The predicted molar refractivity (Wildman–Crippen MR) is 152 cm³/mol. The van der Waals surface area contributed by atoms with E-state index in [1.165, 1.54) is 56.9 Å². The molecular formula is C33H50O3S. The van der Waals surface area contributed by atoms with Gasteiger partial charge < -0.3 is 0 Å². The van der Waals surface area contributed by atoms with Crippen LogP contribution in [-0.2, 0) is 14.3 Å². The number of hydrogen-bond donors (Lipinski definition) is 0. The highest BCUT2D eigenvalue weighted by Crippen LogP contribution is 2.64. The quantitative estimate of drug-likeness (QED) is 0.251. The molecule has 4 aliphatic carbocycles. The van der Waals surface area contributed by atoms with E-state index in [1.807, 2.05) is 19.1 Å². The van der Waals surface area contributed by atoms with E-state index in [0.717, 1.165) is 60.3 Å². The first-order valence-electron chi connectivity index (χ1n) is 15.3.